The maximum Gasteiger partial charge on any atom is 0.231 e. The van der Waals surface area contributed by atoms with Crippen molar-refractivity contribution >= 4 is 11.8 Å². The second-order valence-corrected chi connectivity index (χ2v) is 4.36. The van der Waals surface area contributed by atoms with E-state index in [2.05, 4.69) is 0 Å². The molecule has 0 aromatic heterocycles. The van der Waals surface area contributed by atoms with Crippen molar-refractivity contribution < 1.29 is 14.2 Å². The lowest BCUT2D eigenvalue weighted by Gasteiger charge is -2.08. The first-order chi connectivity index (χ1) is 6.93. The predicted octanol–water partition coefficient (Wildman–Crippen LogP) is 2.18. The summed E-state index contributed by atoms with van der Waals surface area (Å²) in [5.74, 6) is 2.73. The standard InChI is InChI=1S/C10H10O3S/c1-2-8-9(13-6-12-8)5-7(1)10-11-3-4-14-10/h1-2,5,10H,3-4,6H2. The van der Waals surface area contributed by atoms with Crippen LogP contribution in [-0.2, 0) is 4.74 Å². The average Bonchev–Trinajstić information content (AvgIpc) is 2.88. The van der Waals surface area contributed by atoms with Crippen LogP contribution in [0.25, 0.3) is 0 Å². The Morgan fingerprint density at radius 1 is 1.21 bits per heavy atom. The van der Waals surface area contributed by atoms with Crippen molar-refractivity contribution in [1.82, 2.24) is 0 Å². The summed E-state index contributed by atoms with van der Waals surface area (Å²) in [6.07, 6.45) is 0. The first kappa shape index (κ1) is 8.44. The minimum atomic E-state index is 0.171. The predicted molar refractivity (Wildman–Crippen MR) is 53.7 cm³/mol. The molecule has 1 aromatic carbocycles. The molecular weight excluding hydrogens is 200 g/mol. The highest BCUT2D eigenvalue weighted by Gasteiger charge is 2.21. The van der Waals surface area contributed by atoms with E-state index in [-0.39, 0.29) is 5.44 Å². The molecule has 3 rings (SSSR count). The van der Waals surface area contributed by atoms with Gasteiger partial charge >= 0.3 is 0 Å². The van der Waals surface area contributed by atoms with Gasteiger partial charge in [0.1, 0.15) is 5.44 Å². The third-order valence-electron chi connectivity index (χ3n) is 2.29. The summed E-state index contributed by atoms with van der Waals surface area (Å²) in [6, 6.07) is 5.99. The highest BCUT2D eigenvalue weighted by atomic mass is 32.2. The Labute approximate surface area is 86.3 Å². The summed E-state index contributed by atoms with van der Waals surface area (Å²) in [4.78, 5) is 0. The molecule has 14 heavy (non-hydrogen) atoms. The highest BCUT2D eigenvalue weighted by Crippen LogP contribution is 2.40. The van der Waals surface area contributed by atoms with E-state index in [1.165, 1.54) is 0 Å². The first-order valence-electron chi connectivity index (χ1n) is 4.56. The summed E-state index contributed by atoms with van der Waals surface area (Å²) in [5, 5.41) is 0. The van der Waals surface area contributed by atoms with Gasteiger partial charge in [-0.25, -0.2) is 0 Å². The Bertz CT molecular complexity index is 347. The van der Waals surface area contributed by atoms with Gasteiger partial charge in [0.25, 0.3) is 0 Å². The monoisotopic (exact) mass is 210 g/mol. The fourth-order valence-corrected chi connectivity index (χ4v) is 2.55. The molecule has 0 aliphatic carbocycles. The fourth-order valence-electron chi connectivity index (χ4n) is 1.61. The molecule has 74 valence electrons. The van der Waals surface area contributed by atoms with Crippen LogP contribution in [0.3, 0.4) is 0 Å². The van der Waals surface area contributed by atoms with Crippen LogP contribution in [0.5, 0.6) is 11.5 Å². The van der Waals surface area contributed by atoms with E-state index in [0.29, 0.717) is 6.79 Å². The van der Waals surface area contributed by atoms with Crippen molar-refractivity contribution in [2.24, 2.45) is 0 Å². The zero-order valence-corrected chi connectivity index (χ0v) is 8.38. The van der Waals surface area contributed by atoms with Crippen LogP contribution in [0.1, 0.15) is 11.0 Å². The van der Waals surface area contributed by atoms with Gasteiger partial charge in [-0.3, -0.25) is 0 Å². The molecule has 3 nitrogen and oxygen atoms in total. The van der Waals surface area contributed by atoms with Gasteiger partial charge in [-0.15, -0.1) is 11.8 Å². The molecule has 0 N–H and O–H groups in total. The van der Waals surface area contributed by atoms with Crippen LogP contribution in [0.4, 0.5) is 0 Å². The number of fused-ring (bicyclic) bond motifs is 1. The van der Waals surface area contributed by atoms with Gasteiger partial charge in [0.05, 0.1) is 6.61 Å². The zero-order chi connectivity index (χ0) is 9.38. The smallest absolute Gasteiger partial charge is 0.231 e. The molecule has 4 heteroatoms. The lowest BCUT2D eigenvalue weighted by Crippen LogP contribution is -1.93. The van der Waals surface area contributed by atoms with Gasteiger partial charge in [-0.2, -0.15) is 0 Å². The first-order valence-corrected chi connectivity index (χ1v) is 5.61. The van der Waals surface area contributed by atoms with Crippen LogP contribution in [0, 0.1) is 0 Å². The molecule has 0 bridgehead atoms. The van der Waals surface area contributed by atoms with Crippen LogP contribution >= 0.6 is 11.8 Å². The van der Waals surface area contributed by atoms with E-state index in [0.717, 1.165) is 29.4 Å². The summed E-state index contributed by atoms with van der Waals surface area (Å²) in [6.45, 7) is 1.17. The SMILES string of the molecule is c1cc2c(cc1C1OCCS1)OCO2. The van der Waals surface area contributed by atoms with Crippen molar-refractivity contribution in [3.63, 3.8) is 0 Å². The minimum Gasteiger partial charge on any atom is -0.454 e. The normalized spacial score (nSPS) is 24.1. The zero-order valence-electron chi connectivity index (χ0n) is 7.56. The maximum atomic E-state index is 5.57. The van der Waals surface area contributed by atoms with Crippen LogP contribution in [0.2, 0.25) is 0 Å². The molecule has 1 aromatic rings. The van der Waals surface area contributed by atoms with E-state index < -0.39 is 0 Å². The van der Waals surface area contributed by atoms with E-state index in [4.69, 9.17) is 14.2 Å². The maximum absolute atomic E-state index is 5.57. The van der Waals surface area contributed by atoms with Gasteiger partial charge in [-0.1, -0.05) is 6.07 Å². The van der Waals surface area contributed by atoms with Crippen LogP contribution in [-0.4, -0.2) is 19.2 Å². The Morgan fingerprint density at radius 2 is 2.14 bits per heavy atom. The summed E-state index contributed by atoms with van der Waals surface area (Å²) >= 11 is 1.82. The van der Waals surface area contributed by atoms with Crippen molar-refractivity contribution in [3.8, 4) is 11.5 Å². The molecule has 1 fully saturated rings. The van der Waals surface area contributed by atoms with E-state index >= 15 is 0 Å². The fraction of sp³-hybridized carbons (Fsp3) is 0.400. The summed E-state index contributed by atoms with van der Waals surface area (Å²) in [5.41, 5.74) is 1.33. The lowest BCUT2D eigenvalue weighted by atomic mass is 10.2. The van der Waals surface area contributed by atoms with Crippen molar-refractivity contribution in [1.29, 1.82) is 0 Å². The number of benzene rings is 1. The molecule has 2 heterocycles. The van der Waals surface area contributed by atoms with Gasteiger partial charge in [0, 0.05) is 5.75 Å². The highest BCUT2D eigenvalue weighted by molar-refractivity contribution is 7.99. The number of hydrogen-bond donors (Lipinski definition) is 0. The van der Waals surface area contributed by atoms with Crippen molar-refractivity contribution in [3.05, 3.63) is 23.8 Å². The molecule has 2 aliphatic rings. The van der Waals surface area contributed by atoms with E-state index in [9.17, 15) is 0 Å². The van der Waals surface area contributed by atoms with Crippen LogP contribution < -0.4 is 9.47 Å². The van der Waals surface area contributed by atoms with Gasteiger partial charge in [-0.05, 0) is 17.7 Å². The van der Waals surface area contributed by atoms with E-state index in [1.54, 1.807) is 0 Å². The molecule has 1 unspecified atom stereocenters. The minimum absolute atomic E-state index is 0.171. The molecular formula is C10H10O3S. The molecule has 0 saturated carbocycles. The molecule has 2 aliphatic heterocycles. The van der Waals surface area contributed by atoms with Gasteiger partial charge < -0.3 is 14.2 Å². The van der Waals surface area contributed by atoms with Gasteiger partial charge in [0.2, 0.25) is 6.79 Å². The topological polar surface area (TPSA) is 27.7 Å². The number of rotatable bonds is 1. The number of ether oxygens (including phenoxy) is 3. The molecule has 0 spiro atoms. The third-order valence-corrected chi connectivity index (χ3v) is 3.40. The quantitative estimate of drug-likeness (QED) is 0.710. The van der Waals surface area contributed by atoms with Crippen molar-refractivity contribution in [2.45, 2.75) is 5.44 Å². The second-order valence-electron chi connectivity index (χ2n) is 3.19. The molecule has 1 atom stereocenters. The van der Waals surface area contributed by atoms with Crippen LogP contribution in [0.15, 0.2) is 18.2 Å². The Balaban J connectivity index is 1.91. The Kier molecular flexibility index (Phi) is 2.03. The lowest BCUT2D eigenvalue weighted by molar-refractivity contribution is 0.144. The third kappa shape index (κ3) is 1.35. The molecule has 0 radical (unpaired) electrons. The molecule has 0 amide bonds. The Morgan fingerprint density at radius 3 is 3.00 bits per heavy atom. The molecule has 1 saturated heterocycles. The average molecular weight is 210 g/mol. The van der Waals surface area contributed by atoms with Crippen molar-refractivity contribution in [2.75, 3.05) is 19.2 Å². The summed E-state index contributed by atoms with van der Waals surface area (Å²) < 4.78 is 16.1. The number of thioether (sulfide) groups is 1. The Hall–Kier alpha value is -0.870. The second kappa shape index (κ2) is 3.37. The van der Waals surface area contributed by atoms with E-state index in [1.807, 2.05) is 30.0 Å². The van der Waals surface area contributed by atoms with Gasteiger partial charge in [0.15, 0.2) is 11.5 Å². The number of hydrogen-bond acceptors (Lipinski definition) is 4. The summed E-state index contributed by atoms with van der Waals surface area (Å²) in [7, 11) is 0. The largest absolute Gasteiger partial charge is 0.454 e.